The Bertz CT molecular complexity index is 549. The first kappa shape index (κ1) is 13.2. The normalized spacial score (nSPS) is 20.2. The average Bonchev–Trinajstić information content (AvgIpc) is 2.91. The molecule has 0 aliphatic carbocycles. The number of aryl methyl sites for hydroxylation is 2. The monoisotopic (exact) mass is 273 g/mol. The predicted octanol–water partition coefficient (Wildman–Crippen LogP) is 1.39. The van der Waals surface area contributed by atoms with Gasteiger partial charge in [0.2, 0.25) is 0 Å². The fraction of sp³-hybridized carbons (Fsp3) is 0.500. The maximum Gasteiger partial charge on any atom is 0.125 e. The van der Waals surface area contributed by atoms with Gasteiger partial charge in [-0.2, -0.15) is 0 Å². The highest BCUT2D eigenvalue weighted by atomic mass is 16.5. The first-order valence-corrected chi connectivity index (χ1v) is 6.85. The van der Waals surface area contributed by atoms with E-state index in [1.54, 1.807) is 6.20 Å². The van der Waals surface area contributed by atoms with E-state index < -0.39 is 0 Å². The van der Waals surface area contributed by atoms with Crippen LogP contribution in [0.2, 0.25) is 0 Å². The van der Waals surface area contributed by atoms with Crippen LogP contribution >= 0.6 is 0 Å². The first-order valence-electron chi connectivity index (χ1n) is 6.85. The molecule has 1 saturated heterocycles. The Morgan fingerprint density at radius 3 is 3.05 bits per heavy atom. The summed E-state index contributed by atoms with van der Waals surface area (Å²) in [6.07, 6.45) is 3.65. The van der Waals surface area contributed by atoms with Crippen molar-refractivity contribution < 1.29 is 4.74 Å². The quantitative estimate of drug-likeness (QED) is 0.915. The van der Waals surface area contributed by atoms with Gasteiger partial charge in [-0.3, -0.25) is 4.90 Å². The lowest BCUT2D eigenvalue weighted by molar-refractivity contribution is -0.0358. The van der Waals surface area contributed by atoms with Gasteiger partial charge in [-0.25, -0.2) is 15.0 Å². The second-order valence-electron chi connectivity index (χ2n) is 5.11. The number of rotatable bonds is 3. The molecule has 1 N–H and O–H groups in total. The molecular formula is C14H19N5O. The van der Waals surface area contributed by atoms with Crippen molar-refractivity contribution in [2.24, 2.45) is 0 Å². The van der Waals surface area contributed by atoms with Gasteiger partial charge < -0.3 is 9.72 Å². The molecule has 0 bridgehead atoms. The molecule has 3 rings (SSSR count). The minimum absolute atomic E-state index is 0.0131. The number of aromatic nitrogens is 4. The van der Waals surface area contributed by atoms with Crippen molar-refractivity contribution in [3.63, 3.8) is 0 Å². The Labute approximate surface area is 118 Å². The zero-order valence-electron chi connectivity index (χ0n) is 11.8. The Kier molecular flexibility index (Phi) is 3.75. The van der Waals surface area contributed by atoms with Gasteiger partial charge in [0, 0.05) is 31.2 Å². The van der Waals surface area contributed by atoms with Crippen molar-refractivity contribution >= 4 is 0 Å². The van der Waals surface area contributed by atoms with Gasteiger partial charge in [0.25, 0.3) is 0 Å². The molecule has 0 saturated carbocycles. The largest absolute Gasteiger partial charge is 0.369 e. The topological polar surface area (TPSA) is 66.9 Å². The van der Waals surface area contributed by atoms with Gasteiger partial charge in [0.1, 0.15) is 17.8 Å². The maximum atomic E-state index is 5.86. The van der Waals surface area contributed by atoms with E-state index in [9.17, 15) is 0 Å². The lowest BCUT2D eigenvalue weighted by atomic mass is 10.1. The molecule has 0 spiro atoms. The molecule has 3 heterocycles. The highest BCUT2D eigenvalue weighted by Gasteiger charge is 2.24. The van der Waals surface area contributed by atoms with E-state index in [1.165, 1.54) is 0 Å². The fourth-order valence-corrected chi connectivity index (χ4v) is 2.53. The molecule has 6 heteroatoms. The lowest BCUT2D eigenvalue weighted by Crippen LogP contribution is -2.38. The molecule has 6 nitrogen and oxygen atoms in total. The second kappa shape index (κ2) is 5.68. The summed E-state index contributed by atoms with van der Waals surface area (Å²) in [7, 11) is 0. The number of hydrogen-bond donors (Lipinski definition) is 1. The fourth-order valence-electron chi connectivity index (χ4n) is 2.53. The van der Waals surface area contributed by atoms with Crippen LogP contribution in [0.5, 0.6) is 0 Å². The number of aromatic amines is 1. The zero-order valence-corrected chi connectivity index (χ0v) is 11.8. The highest BCUT2D eigenvalue weighted by Crippen LogP contribution is 2.21. The summed E-state index contributed by atoms with van der Waals surface area (Å²) in [5.41, 5.74) is 1.96. The van der Waals surface area contributed by atoms with E-state index in [4.69, 9.17) is 4.74 Å². The van der Waals surface area contributed by atoms with Crippen molar-refractivity contribution in [2.45, 2.75) is 26.5 Å². The van der Waals surface area contributed by atoms with E-state index >= 15 is 0 Å². The molecule has 2 aromatic rings. The van der Waals surface area contributed by atoms with Crippen LogP contribution in [0.3, 0.4) is 0 Å². The molecule has 2 aromatic heterocycles. The standard InChI is InChI=1S/C14H19N5O/c1-10-7-12(18-11(2)17-10)13-8-19(5-6-20-13)9-14-15-3-4-16-14/h3-4,7,13H,5-6,8-9H2,1-2H3,(H,15,16). The third-order valence-corrected chi connectivity index (χ3v) is 3.39. The van der Waals surface area contributed by atoms with Crippen LogP contribution in [0.25, 0.3) is 0 Å². The SMILES string of the molecule is Cc1cc(C2CN(Cc3ncc[nH]3)CCO2)nc(C)n1. The molecule has 1 fully saturated rings. The third kappa shape index (κ3) is 3.02. The summed E-state index contributed by atoms with van der Waals surface area (Å²) in [5, 5.41) is 0. The molecule has 0 radical (unpaired) electrons. The van der Waals surface area contributed by atoms with Crippen molar-refractivity contribution in [1.29, 1.82) is 0 Å². The third-order valence-electron chi connectivity index (χ3n) is 3.39. The van der Waals surface area contributed by atoms with Gasteiger partial charge >= 0.3 is 0 Å². The first-order chi connectivity index (χ1) is 9.70. The van der Waals surface area contributed by atoms with E-state index in [2.05, 4.69) is 24.8 Å². The zero-order chi connectivity index (χ0) is 13.9. The number of nitrogens with zero attached hydrogens (tertiary/aromatic N) is 4. The molecule has 106 valence electrons. The van der Waals surface area contributed by atoms with Crippen molar-refractivity contribution in [3.05, 3.63) is 41.5 Å². The average molecular weight is 273 g/mol. The highest BCUT2D eigenvalue weighted by molar-refractivity contribution is 5.13. The summed E-state index contributed by atoms with van der Waals surface area (Å²) in [6.45, 7) is 7.18. The molecule has 1 atom stereocenters. The second-order valence-corrected chi connectivity index (χ2v) is 5.11. The van der Waals surface area contributed by atoms with Crippen molar-refractivity contribution in [3.8, 4) is 0 Å². The Hall–Kier alpha value is -1.79. The number of ether oxygens (including phenoxy) is 1. The summed E-state index contributed by atoms with van der Waals surface area (Å²) in [5.74, 6) is 1.78. The number of morpholine rings is 1. The molecule has 0 amide bonds. The van der Waals surface area contributed by atoms with Gasteiger partial charge in [0.05, 0.1) is 18.8 Å². The van der Waals surface area contributed by atoms with Crippen LogP contribution in [-0.4, -0.2) is 44.5 Å². The molecule has 1 unspecified atom stereocenters. The van der Waals surface area contributed by atoms with Crippen molar-refractivity contribution in [2.75, 3.05) is 19.7 Å². The van der Waals surface area contributed by atoms with Crippen LogP contribution < -0.4 is 0 Å². The van der Waals surface area contributed by atoms with E-state index in [0.717, 1.165) is 42.7 Å². The van der Waals surface area contributed by atoms with Gasteiger partial charge in [-0.05, 0) is 19.9 Å². The molecule has 20 heavy (non-hydrogen) atoms. The van der Waals surface area contributed by atoms with E-state index in [-0.39, 0.29) is 6.10 Å². The van der Waals surface area contributed by atoms with E-state index in [1.807, 2.05) is 26.1 Å². The Morgan fingerprint density at radius 2 is 2.30 bits per heavy atom. The van der Waals surface area contributed by atoms with Gasteiger partial charge in [-0.1, -0.05) is 0 Å². The maximum absolute atomic E-state index is 5.86. The van der Waals surface area contributed by atoms with Gasteiger partial charge in [0.15, 0.2) is 0 Å². The summed E-state index contributed by atoms with van der Waals surface area (Å²) >= 11 is 0. The summed E-state index contributed by atoms with van der Waals surface area (Å²) in [6, 6.07) is 2.01. The Balaban J connectivity index is 1.71. The van der Waals surface area contributed by atoms with Crippen LogP contribution in [0, 0.1) is 13.8 Å². The van der Waals surface area contributed by atoms with Crippen LogP contribution in [0.4, 0.5) is 0 Å². The number of H-pyrrole nitrogens is 1. The number of nitrogens with one attached hydrogen (secondary N) is 1. The van der Waals surface area contributed by atoms with Gasteiger partial charge in [-0.15, -0.1) is 0 Å². The summed E-state index contributed by atoms with van der Waals surface area (Å²) in [4.78, 5) is 18.6. The Morgan fingerprint density at radius 1 is 1.40 bits per heavy atom. The van der Waals surface area contributed by atoms with Crippen molar-refractivity contribution in [1.82, 2.24) is 24.8 Å². The molecule has 0 aromatic carbocycles. The van der Waals surface area contributed by atoms with E-state index in [0.29, 0.717) is 6.61 Å². The predicted molar refractivity (Wildman–Crippen MR) is 74.1 cm³/mol. The summed E-state index contributed by atoms with van der Waals surface area (Å²) < 4.78 is 5.86. The molecule has 1 aliphatic rings. The van der Waals surface area contributed by atoms with Crippen LogP contribution in [-0.2, 0) is 11.3 Å². The lowest BCUT2D eigenvalue weighted by Gasteiger charge is -2.32. The molecular weight excluding hydrogens is 254 g/mol. The number of imidazole rings is 1. The smallest absolute Gasteiger partial charge is 0.125 e. The molecule has 1 aliphatic heterocycles. The minimum Gasteiger partial charge on any atom is -0.369 e. The minimum atomic E-state index is 0.0131. The van der Waals surface area contributed by atoms with Crippen LogP contribution in [0.1, 0.15) is 29.1 Å². The van der Waals surface area contributed by atoms with Crippen LogP contribution in [0.15, 0.2) is 18.5 Å². The number of hydrogen-bond acceptors (Lipinski definition) is 5.